The Morgan fingerprint density at radius 1 is 1.10 bits per heavy atom. The van der Waals surface area contributed by atoms with Crippen LogP contribution in [0.5, 0.6) is 0 Å². The van der Waals surface area contributed by atoms with Crippen LogP contribution >= 0.6 is 0 Å². The molecule has 0 saturated carbocycles. The fraction of sp³-hybridized carbons (Fsp3) is 0. The molecule has 3 aromatic heterocycles. The second-order valence-corrected chi connectivity index (χ2v) is 3.83. The van der Waals surface area contributed by atoms with E-state index >= 15 is 0 Å². The van der Waals surface area contributed by atoms with Gasteiger partial charge in [0.1, 0.15) is 0 Å². The van der Waals surface area contributed by atoms with E-state index in [1.54, 1.807) is 18.6 Å². The molecule has 0 aromatic carbocycles. The van der Waals surface area contributed by atoms with Crippen LogP contribution in [0.2, 0.25) is 0 Å². The van der Waals surface area contributed by atoms with Gasteiger partial charge in [0.25, 0.3) is 5.91 Å². The van der Waals surface area contributed by atoms with Crippen LogP contribution in [0.25, 0.3) is 11.3 Å². The molecule has 0 aliphatic carbocycles. The summed E-state index contributed by atoms with van der Waals surface area (Å²) < 4.78 is 4.87. The molecule has 1 amide bonds. The molecule has 0 spiro atoms. The zero-order valence-electron chi connectivity index (χ0n) is 10.2. The highest BCUT2D eigenvalue weighted by Gasteiger charge is 2.11. The summed E-state index contributed by atoms with van der Waals surface area (Å²) in [7, 11) is 0. The number of nitrogens with zero attached hydrogens (tertiary/aromatic N) is 4. The average molecular weight is 267 g/mol. The highest BCUT2D eigenvalue weighted by atomic mass is 16.3. The predicted octanol–water partition coefficient (Wildman–Crippen LogP) is 1.78. The smallest absolute Gasteiger partial charge is 0.295 e. The number of hydrogen-bond acceptors (Lipinski definition) is 6. The first-order valence-corrected chi connectivity index (χ1v) is 5.76. The lowest BCUT2D eigenvalue weighted by molar-refractivity contribution is 0.0996. The number of carbonyl (C=O) groups is 1. The van der Waals surface area contributed by atoms with E-state index in [9.17, 15) is 4.79 Å². The van der Waals surface area contributed by atoms with Gasteiger partial charge in [-0.1, -0.05) is 6.07 Å². The molecule has 3 rings (SSSR count). The van der Waals surface area contributed by atoms with E-state index in [1.807, 2.05) is 18.2 Å². The van der Waals surface area contributed by atoms with Crippen LogP contribution in [0.3, 0.4) is 0 Å². The van der Waals surface area contributed by atoms with E-state index in [0.29, 0.717) is 0 Å². The van der Waals surface area contributed by atoms with Crippen molar-refractivity contribution in [2.75, 3.05) is 5.32 Å². The molecule has 0 aliphatic heterocycles. The van der Waals surface area contributed by atoms with Crippen LogP contribution in [-0.4, -0.2) is 25.8 Å². The molecule has 0 aliphatic rings. The molecule has 3 aromatic rings. The number of oxazole rings is 1. The molecule has 0 atom stereocenters. The van der Waals surface area contributed by atoms with E-state index in [1.165, 1.54) is 12.6 Å². The van der Waals surface area contributed by atoms with Gasteiger partial charge in [-0.25, -0.2) is 15.0 Å². The third-order valence-corrected chi connectivity index (χ3v) is 2.49. The third kappa shape index (κ3) is 2.51. The number of amides is 1. The van der Waals surface area contributed by atoms with Gasteiger partial charge in [0.05, 0.1) is 11.9 Å². The Morgan fingerprint density at radius 3 is 2.60 bits per heavy atom. The SMILES string of the molecule is O=C(Nc1ncc(-c2ccccn2)cn1)c1cnco1. The summed E-state index contributed by atoms with van der Waals surface area (Å²) in [5, 5.41) is 2.51. The zero-order chi connectivity index (χ0) is 13.8. The van der Waals surface area contributed by atoms with Crippen LogP contribution < -0.4 is 5.32 Å². The third-order valence-electron chi connectivity index (χ3n) is 2.49. The number of nitrogens with one attached hydrogen (secondary N) is 1. The Hall–Kier alpha value is -3.09. The molecule has 98 valence electrons. The number of pyridine rings is 1. The largest absolute Gasteiger partial charge is 0.438 e. The summed E-state index contributed by atoms with van der Waals surface area (Å²) in [5.41, 5.74) is 1.53. The molecule has 20 heavy (non-hydrogen) atoms. The molecule has 3 heterocycles. The molecular weight excluding hydrogens is 258 g/mol. The number of hydrogen-bond donors (Lipinski definition) is 1. The first kappa shape index (κ1) is 12.0. The molecule has 7 nitrogen and oxygen atoms in total. The molecule has 0 radical (unpaired) electrons. The van der Waals surface area contributed by atoms with Crippen molar-refractivity contribution in [3.8, 4) is 11.3 Å². The lowest BCUT2D eigenvalue weighted by Gasteiger charge is -2.02. The van der Waals surface area contributed by atoms with Gasteiger partial charge < -0.3 is 4.42 Å². The summed E-state index contributed by atoms with van der Waals surface area (Å²) in [6, 6.07) is 5.56. The van der Waals surface area contributed by atoms with Gasteiger partial charge in [-0.05, 0) is 12.1 Å². The number of anilines is 1. The Morgan fingerprint density at radius 2 is 1.95 bits per heavy atom. The lowest BCUT2D eigenvalue weighted by atomic mass is 10.2. The normalized spacial score (nSPS) is 10.2. The summed E-state index contributed by atoms with van der Waals surface area (Å²) in [5.74, 6) is -0.165. The van der Waals surface area contributed by atoms with Crippen molar-refractivity contribution in [3.63, 3.8) is 0 Å². The molecule has 1 N–H and O–H groups in total. The minimum atomic E-state index is -0.451. The lowest BCUT2D eigenvalue weighted by Crippen LogP contribution is -2.13. The maximum absolute atomic E-state index is 11.7. The average Bonchev–Trinajstić information content (AvgIpc) is 3.03. The van der Waals surface area contributed by atoms with Crippen LogP contribution in [0.1, 0.15) is 10.6 Å². The maximum atomic E-state index is 11.7. The van der Waals surface area contributed by atoms with E-state index in [4.69, 9.17) is 4.42 Å². The number of rotatable bonds is 3. The highest BCUT2D eigenvalue weighted by Crippen LogP contribution is 2.14. The monoisotopic (exact) mass is 267 g/mol. The van der Waals surface area contributed by atoms with Gasteiger partial charge in [-0.3, -0.25) is 15.1 Å². The van der Waals surface area contributed by atoms with Gasteiger partial charge in [-0.2, -0.15) is 0 Å². The summed E-state index contributed by atoms with van der Waals surface area (Å²) in [6.07, 6.45) is 7.36. The molecule has 7 heteroatoms. The second kappa shape index (κ2) is 5.27. The van der Waals surface area contributed by atoms with E-state index < -0.39 is 5.91 Å². The highest BCUT2D eigenvalue weighted by molar-refractivity contribution is 6.00. The van der Waals surface area contributed by atoms with E-state index in [2.05, 4.69) is 25.3 Å². The van der Waals surface area contributed by atoms with Crippen LogP contribution in [0.15, 0.2) is 53.8 Å². The van der Waals surface area contributed by atoms with Gasteiger partial charge in [-0.15, -0.1) is 0 Å². The minimum Gasteiger partial charge on any atom is -0.438 e. The standard InChI is InChI=1S/C13H9N5O2/c19-12(11-7-14-8-20-11)18-13-16-5-9(6-17-13)10-3-1-2-4-15-10/h1-8H,(H,16,17,18,19). The summed E-state index contributed by atoms with van der Waals surface area (Å²) in [6.45, 7) is 0. The van der Waals surface area contributed by atoms with Crippen molar-refractivity contribution in [1.82, 2.24) is 19.9 Å². The van der Waals surface area contributed by atoms with Crippen molar-refractivity contribution < 1.29 is 9.21 Å². The Labute approximate surface area is 113 Å². The first-order chi connectivity index (χ1) is 9.83. The van der Waals surface area contributed by atoms with Crippen molar-refractivity contribution in [3.05, 3.63) is 55.1 Å². The Kier molecular flexibility index (Phi) is 3.15. The Bertz CT molecular complexity index is 695. The predicted molar refractivity (Wildman–Crippen MR) is 69.7 cm³/mol. The van der Waals surface area contributed by atoms with Crippen molar-refractivity contribution in [1.29, 1.82) is 0 Å². The molecule has 0 saturated heterocycles. The topological polar surface area (TPSA) is 93.8 Å². The van der Waals surface area contributed by atoms with Crippen molar-refractivity contribution >= 4 is 11.9 Å². The van der Waals surface area contributed by atoms with Crippen molar-refractivity contribution in [2.24, 2.45) is 0 Å². The van der Waals surface area contributed by atoms with Crippen molar-refractivity contribution in [2.45, 2.75) is 0 Å². The summed E-state index contributed by atoms with van der Waals surface area (Å²) in [4.78, 5) is 27.7. The molecule has 0 fully saturated rings. The maximum Gasteiger partial charge on any atom is 0.295 e. The minimum absolute atomic E-state index is 0.0994. The number of carbonyl (C=O) groups excluding carboxylic acids is 1. The zero-order valence-corrected chi connectivity index (χ0v) is 10.2. The fourth-order valence-corrected chi connectivity index (χ4v) is 1.55. The van der Waals surface area contributed by atoms with Crippen LogP contribution in [0, 0.1) is 0 Å². The van der Waals surface area contributed by atoms with E-state index in [-0.39, 0.29) is 11.7 Å². The Balaban J connectivity index is 1.75. The van der Waals surface area contributed by atoms with Gasteiger partial charge in [0.2, 0.25) is 11.7 Å². The fourth-order valence-electron chi connectivity index (χ4n) is 1.55. The first-order valence-electron chi connectivity index (χ1n) is 5.76. The van der Waals surface area contributed by atoms with Gasteiger partial charge in [0, 0.05) is 24.2 Å². The quantitative estimate of drug-likeness (QED) is 0.777. The number of aromatic nitrogens is 4. The molecule has 0 unspecified atom stereocenters. The summed E-state index contributed by atoms with van der Waals surface area (Å²) >= 11 is 0. The molecular formula is C13H9N5O2. The molecule has 0 bridgehead atoms. The van der Waals surface area contributed by atoms with Gasteiger partial charge >= 0.3 is 0 Å². The second-order valence-electron chi connectivity index (χ2n) is 3.83. The van der Waals surface area contributed by atoms with E-state index in [0.717, 1.165) is 11.3 Å². The van der Waals surface area contributed by atoms with Crippen LogP contribution in [-0.2, 0) is 0 Å². The van der Waals surface area contributed by atoms with Gasteiger partial charge in [0.15, 0.2) is 6.39 Å². The van der Waals surface area contributed by atoms with Crippen LogP contribution in [0.4, 0.5) is 5.95 Å².